The second kappa shape index (κ2) is 8.44. The lowest BCUT2D eigenvalue weighted by Crippen LogP contribution is -2.49. The number of carbonyl (C=O) groups excluding carboxylic acids is 2. The van der Waals surface area contributed by atoms with Crippen LogP contribution in [0.5, 0.6) is 0 Å². The van der Waals surface area contributed by atoms with E-state index in [1.54, 1.807) is 4.90 Å². The molecule has 2 amide bonds. The van der Waals surface area contributed by atoms with Gasteiger partial charge in [0.05, 0.1) is 4.90 Å². The van der Waals surface area contributed by atoms with Gasteiger partial charge in [-0.05, 0) is 43.5 Å². The monoisotopic (exact) mass is 367 g/mol. The number of nitrogens with one attached hydrogen (secondary N) is 1. The van der Waals surface area contributed by atoms with Gasteiger partial charge in [-0.2, -0.15) is 0 Å². The van der Waals surface area contributed by atoms with E-state index in [1.165, 1.54) is 24.3 Å². The maximum atomic E-state index is 12.8. The molecule has 1 aliphatic heterocycles. The fraction of sp³-hybridized carbons (Fsp3) is 0.529. The lowest BCUT2D eigenvalue weighted by molar-refractivity contribution is -0.121. The second-order valence-corrected chi connectivity index (χ2v) is 8.30. The highest BCUT2D eigenvalue weighted by Gasteiger charge is 2.27. The first-order chi connectivity index (χ1) is 11.8. The Kier molecular flexibility index (Phi) is 6.55. The Morgan fingerprint density at radius 3 is 2.52 bits per heavy atom. The van der Waals surface area contributed by atoms with Crippen LogP contribution >= 0.6 is 0 Å². The molecule has 1 heterocycles. The number of sulfone groups is 1. The van der Waals surface area contributed by atoms with Gasteiger partial charge in [-0.25, -0.2) is 8.42 Å². The molecular weight excluding hydrogens is 342 g/mol. The molecule has 1 aromatic carbocycles. The topological polar surface area (TPSA) is 110 Å². The number of amides is 2. The van der Waals surface area contributed by atoms with Crippen LogP contribution in [0.2, 0.25) is 0 Å². The van der Waals surface area contributed by atoms with Crippen LogP contribution in [-0.2, 0) is 14.6 Å². The molecule has 3 N–H and O–H groups in total. The minimum Gasteiger partial charge on any atom is -0.354 e. The van der Waals surface area contributed by atoms with Crippen molar-refractivity contribution in [1.29, 1.82) is 0 Å². The zero-order valence-electron chi connectivity index (χ0n) is 14.4. The van der Waals surface area contributed by atoms with Crippen LogP contribution in [0.15, 0.2) is 29.2 Å². The average Bonchev–Trinajstić information content (AvgIpc) is 2.59. The van der Waals surface area contributed by atoms with Crippen molar-refractivity contribution < 1.29 is 18.0 Å². The van der Waals surface area contributed by atoms with E-state index in [-0.39, 0.29) is 29.2 Å². The zero-order chi connectivity index (χ0) is 18.4. The van der Waals surface area contributed by atoms with Gasteiger partial charge in [-0.15, -0.1) is 0 Å². The van der Waals surface area contributed by atoms with E-state index in [1.807, 2.05) is 0 Å². The third-order valence-corrected chi connectivity index (χ3v) is 5.45. The summed E-state index contributed by atoms with van der Waals surface area (Å²) in [6.45, 7) is 1.34. The number of nitrogens with zero attached hydrogens (tertiary/aromatic N) is 1. The fourth-order valence-corrected chi connectivity index (χ4v) is 3.57. The molecule has 1 aliphatic rings. The number of rotatable bonds is 6. The summed E-state index contributed by atoms with van der Waals surface area (Å²) in [6.07, 6.45) is 4.16. The van der Waals surface area contributed by atoms with Crippen LogP contribution in [0, 0.1) is 0 Å². The molecule has 1 fully saturated rings. The van der Waals surface area contributed by atoms with Crippen molar-refractivity contribution in [3.05, 3.63) is 29.8 Å². The van der Waals surface area contributed by atoms with Gasteiger partial charge in [-0.1, -0.05) is 0 Å². The van der Waals surface area contributed by atoms with E-state index in [4.69, 9.17) is 5.73 Å². The summed E-state index contributed by atoms with van der Waals surface area (Å²) in [5, 5.41) is 2.83. The van der Waals surface area contributed by atoms with Gasteiger partial charge in [0.2, 0.25) is 5.91 Å². The van der Waals surface area contributed by atoms with Crippen molar-refractivity contribution in [2.45, 2.75) is 36.6 Å². The quantitative estimate of drug-likeness (QED) is 0.763. The molecule has 138 valence electrons. The third-order valence-electron chi connectivity index (χ3n) is 4.32. The molecule has 1 saturated heterocycles. The van der Waals surface area contributed by atoms with Gasteiger partial charge < -0.3 is 16.0 Å². The van der Waals surface area contributed by atoms with Crippen molar-refractivity contribution in [1.82, 2.24) is 10.2 Å². The molecule has 0 radical (unpaired) electrons. The molecule has 7 nitrogen and oxygen atoms in total. The first-order valence-electron chi connectivity index (χ1n) is 8.41. The first kappa shape index (κ1) is 19.4. The minimum absolute atomic E-state index is 0.0578. The van der Waals surface area contributed by atoms with E-state index >= 15 is 0 Å². The predicted octanol–water partition coefficient (Wildman–Crippen LogP) is 0.550. The number of benzene rings is 1. The van der Waals surface area contributed by atoms with Gasteiger partial charge in [0.1, 0.15) is 0 Å². The summed E-state index contributed by atoms with van der Waals surface area (Å²) in [5.74, 6) is -0.254. The smallest absolute Gasteiger partial charge is 0.254 e. The number of hydrogen-bond acceptors (Lipinski definition) is 5. The molecule has 1 aromatic rings. The number of hydrogen-bond donors (Lipinski definition) is 2. The lowest BCUT2D eigenvalue weighted by Gasteiger charge is -2.36. The molecular formula is C17H25N3O4S. The second-order valence-electron chi connectivity index (χ2n) is 6.29. The van der Waals surface area contributed by atoms with Gasteiger partial charge in [0.15, 0.2) is 9.84 Å². The Morgan fingerprint density at radius 2 is 1.92 bits per heavy atom. The van der Waals surface area contributed by atoms with Gasteiger partial charge >= 0.3 is 0 Å². The Bertz CT molecular complexity index is 716. The van der Waals surface area contributed by atoms with Crippen LogP contribution < -0.4 is 11.1 Å². The number of likely N-dealkylation sites (tertiary alicyclic amines) is 1. The molecule has 25 heavy (non-hydrogen) atoms. The molecule has 0 spiro atoms. The van der Waals surface area contributed by atoms with Crippen molar-refractivity contribution in [2.24, 2.45) is 5.73 Å². The lowest BCUT2D eigenvalue weighted by atomic mass is 10.0. The summed E-state index contributed by atoms with van der Waals surface area (Å²) in [7, 11) is -3.29. The van der Waals surface area contributed by atoms with Crippen LogP contribution in [0.4, 0.5) is 0 Å². The first-order valence-corrected chi connectivity index (χ1v) is 10.3. The summed E-state index contributed by atoms with van der Waals surface area (Å²) >= 11 is 0. The van der Waals surface area contributed by atoms with Gasteiger partial charge in [-0.3, -0.25) is 9.59 Å². The van der Waals surface area contributed by atoms with Crippen LogP contribution in [-0.4, -0.2) is 57.1 Å². The highest BCUT2D eigenvalue weighted by molar-refractivity contribution is 7.90. The summed E-state index contributed by atoms with van der Waals surface area (Å²) in [4.78, 5) is 26.4. The molecule has 8 heteroatoms. The fourth-order valence-electron chi connectivity index (χ4n) is 2.94. The van der Waals surface area contributed by atoms with E-state index in [2.05, 4.69) is 5.32 Å². The number of piperidine rings is 1. The van der Waals surface area contributed by atoms with Crippen molar-refractivity contribution in [2.75, 3.05) is 25.9 Å². The Morgan fingerprint density at radius 1 is 1.24 bits per heavy atom. The van der Waals surface area contributed by atoms with Crippen LogP contribution in [0.1, 0.15) is 36.0 Å². The number of carbonyl (C=O) groups is 2. The van der Waals surface area contributed by atoms with E-state index in [9.17, 15) is 18.0 Å². The predicted molar refractivity (Wildman–Crippen MR) is 94.9 cm³/mol. The van der Waals surface area contributed by atoms with Crippen molar-refractivity contribution >= 4 is 21.7 Å². The molecule has 0 bridgehead atoms. The maximum absolute atomic E-state index is 12.8. The normalized spacial score (nSPS) is 18.0. The summed E-state index contributed by atoms with van der Waals surface area (Å²) in [5.41, 5.74) is 5.82. The Balaban J connectivity index is 2.08. The van der Waals surface area contributed by atoms with E-state index < -0.39 is 9.84 Å². The van der Waals surface area contributed by atoms with Gasteiger partial charge in [0.25, 0.3) is 5.91 Å². The highest BCUT2D eigenvalue weighted by atomic mass is 32.2. The molecule has 0 saturated carbocycles. The van der Waals surface area contributed by atoms with E-state index in [0.717, 1.165) is 25.5 Å². The van der Waals surface area contributed by atoms with Crippen LogP contribution in [0.3, 0.4) is 0 Å². The molecule has 2 rings (SSSR count). The average molecular weight is 367 g/mol. The molecule has 1 unspecified atom stereocenters. The highest BCUT2D eigenvalue weighted by Crippen LogP contribution is 2.20. The standard InChI is InChI=1S/C17H25N3O4S/c1-25(23,24)15-7-5-13(6-8-15)17(22)20-11-3-2-4-14(20)12-19-16(21)9-10-18/h5-8,14H,2-4,9-12,18H2,1H3,(H,19,21). The maximum Gasteiger partial charge on any atom is 0.254 e. The third kappa shape index (κ3) is 5.27. The zero-order valence-corrected chi connectivity index (χ0v) is 15.2. The summed E-state index contributed by atoms with van der Waals surface area (Å²) < 4.78 is 23.1. The molecule has 0 aliphatic carbocycles. The number of nitrogens with two attached hydrogens (primary N) is 1. The van der Waals surface area contributed by atoms with Crippen LogP contribution in [0.25, 0.3) is 0 Å². The Hall–Kier alpha value is -1.93. The molecule has 0 aromatic heterocycles. The van der Waals surface area contributed by atoms with E-state index in [0.29, 0.717) is 25.2 Å². The van der Waals surface area contributed by atoms with Crippen molar-refractivity contribution in [3.8, 4) is 0 Å². The largest absolute Gasteiger partial charge is 0.354 e. The SMILES string of the molecule is CS(=O)(=O)c1ccc(C(=O)N2CCCCC2CNC(=O)CCN)cc1. The summed E-state index contributed by atoms with van der Waals surface area (Å²) in [6, 6.07) is 5.92. The minimum atomic E-state index is -3.29. The Labute approximate surface area is 148 Å². The van der Waals surface area contributed by atoms with Gasteiger partial charge in [0, 0.05) is 43.9 Å². The molecule has 1 atom stereocenters. The van der Waals surface area contributed by atoms with Crippen molar-refractivity contribution in [3.63, 3.8) is 0 Å².